The van der Waals surface area contributed by atoms with Gasteiger partial charge in [-0.05, 0) is 50.1 Å². The molecule has 1 N–H and O–H groups in total. The predicted molar refractivity (Wildman–Crippen MR) is 65.9 cm³/mol. The van der Waals surface area contributed by atoms with E-state index in [1.54, 1.807) is 0 Å². The molecule has 0 aliphatic heterocycles. The molecule has 1 nitrogen and oxygen atoms in total. The highest BCUT2D eigenvalue weighted by Crippen LogP contribution is 2.36. The van der Waals surface area contributed by atoms with Crippen LogP contribution < -0.4 is 5.32 Å². The van der Waals surface area contributed by atoms with E-state index in [9.17, 15) is 0 Å². The maximum atomic E-state index is 3.65. The van der Waals surface area contributed by atoms with Gasteiger partial charge in [0.05, 0.1) is 0 Å². The highest BCUT2D eigenvalue weighted by molar-refractivity contribution is 4.79. The zero-order valence-electron chi connectivity index (χ0n) is 10.3. The molecule has 1 atom stereocenters. The summed E-state index contributed by atoms with van der Waals surface area (Å²) in [6.07, 6.45) is 11.9. The second kappa shape index (κ2) is 5.89. The van der Waals surface area contributed by atoms with Crippen LogP contribution in [0.2, 0.25) is 0 Å². The second-order valence-electron chi connectivity index (χ2n) is 5.81. The van der Waals surface area contributed by atoms with Crippen molar-refractivity contribution in [3.05, 3.63) is 0 Å². The molecule has 0 aromatic rings. The lowest BCUT2D eigenvalue weighted by atomic mass is 9.87. The van der Waals surface area contributed by atoms with E-state index in [2.05, 4.69) is 12.2 Å². The van der Waals surface area contributed by atoms with Crippen molar-refractivity contribution in [1.82, 2.24) is 5.32 Å². The molecular formula is C14H27N. The number of hydrogen-bond donors (Lipinski definition) is 1. The third-order valence-corrected chi connectivity index (χ3v) is 4.35. The quantitative estimate of drug-likeness (QED) is 0.659. The van der Waals surface area contributed by atoms with Gasteiger partial charge in [0.25, 0.3) is 0 Å². The zero-order chi connectivity index (χ0) is 10.5. The number of hydrogen-bond acceptors (Lipinski definition) is 1. The molecular weight excluding hydrogens is 182 g/mol. The van der Waals surface area contributed by atoms with Gasteiger partial charge in [-0.1, -0.05) is 39.0 Å². The van der Waals surface area contributed by atoms with Crippen LogP contribution in [-0.4, -0.2) is 13.1 Å². The number of nitrogens with one attached hydrogen (secondary N) is 1. The molecule has 0 saturated heterocycles. The minimum atomic E-state index is 0.927. The molecule has 2 rings (SSSR count). The van der Waals surface area contributed by atoms with Gasteiger partial charge >= 0.3 is 0 Å². The minimum absolute atomic E-state index is 0.927. The summed E-state index contributed by atoms with van der Waals surface area (Å²) in [6, 6.07) is 0. The summed E-state index contributed by atoms with van der Waals surface area (Å²) < 4.78 is 0. The van der Waals surface area contributed by atoms with Gasteiger partial charge in [-0.25, -0.2) is 0 Å². The molecule has 2 aliphatic carbocycles. The van der Waals surface area contributed by atoms with Crippen molar-refractivity contribution < 1.29 is 0 Å². The van der Waals surface area contributed by atoms with Crippen molar-refractivity contribution >= 4 is 0 Å². The Morgan fingerprint density at radius 1 is 1.07 bits per heavy atom. The molecule has 1 heteroatoms. The summed E-state index contributed by atoms with van der Waals surface area (Å²) in [4.78, 5) is 0. The normalized spacial score (nSPS) is 25.4. The highest BCUT2D eigenvalue weighted by Gasteiger charge is 2.27. The molecule has 2 aliphatic rings. The average Bonchev–Trinajstić information content (AvgIpc) is 3.09. The molecule has 1 unspecified atom stereocenters. The van der Waals surface area contributed by atoms with Crippen molar-refractivity contribution in [3.8, 4) is 0 Å². The van der Waals surface area contributed by atoms with Gasteiger partial charge in [0, 0.05) is 0 Å². The lowest BCUT2D eigenvalue weighted by Gasteiger charge is -2.22. The second-order valence-corrected chi connectivity index (χ2v) is 5.81. The van der Waals surface area contributed by atoms with Crippen molar-refractivity contribution in [1.29, 1.82) is 0 Å². The van der Waals surface area contributed by atoms with Gasteiger partial charge in [0.2, 0.25) is 0 Å². The Morgan fingerprint density at radius 2 is 1.80 bits per heavy atom. The number of rotatable bonds is 6. The van der Waals surface area contributed by atoms with E-state index in [4.69, 9.17) is 0 Å². The van der Waals surface area contributed by atoms with Crippen molar-refractivity contribution in [3.63, 3.8) is 0 Å². The molecule has 2 fully saturated rings. The van der Waals surface area contributed by atoms with Crippen LogP contribution in [0.25, 0.3) is 0 Å². The molecule has 15 heavy (non-hydrogen) atoms. The highest BCUT2D eigenvalue weighted by atomic mass is 14.9. The summed E-state index contributed by atoms with van der Waals surface area (Å²) in [7, 11) is 0. The van der Waals surface area contributed by atoms with Crippen LogP contribution in [0.4, 0.5) is 0 Å². The Morgan fingerprint density at radius 3 is 2.47 bits per heavy atom. The summed E-state index contributed by atoms with van der Waals surface area (Å²) >= 11 is 0. The molecule has 0 aromatic carbocycles. The van der Waals surface area contributed by atoms with Crippen LogP contribution in [0.5, 0.6) is 0 Å². The average molecular weight is 209 g/mol. The Labute approximate surface area is 95.0 Å². The van der Waals surface area contributed by atoms with Crippen molar-refractivity contribution in [2.75, 3.05) is 13.1 Å². The third-order valence-electron chi connectivity index (χ3n) is 4.35. The zero-order valence-corrected chi connectivity index (χ0v) is 10.3. The van der Waals surface area contributed by atoms with Gasteiger partial charge in [-0.15, -0.1) is 0 Å². The smallest absolute Gasteiger partial charge is 0.00205 e. The lowest BCUT2D eigenvalue weighted by Crippen LogP contribution is -2.25. The summed E-state index contributed by atoms with van der Waals surface area (Å²) in [6.45, 7) is 4.93. The van der Waals surface area contributed by atoms with Crippen LogP contribution in [0, 0.1) is 17.8 Å². The van der Waals surface area contributed by atoms with Crippen molar-refractivity contribution in [2.24, 2.45) is 17.8 Å². The molecule has 0 spiro atoms. The lowest BCUT2D eigenvalue weighted by molar-refractivity contribution is 0.329. The van der Waals surface area contributed by atoms with Crippen molar-refractivity contribution in [2.45, 2.75) is 58.3 Å². The third kappa shape index (κ3) is 4.14. The fraction of sp³-hybridized carbons (Fsp3) is 1.00. The molecule has 0 heterocycles. The Bertz CT molecular complexity index is 168. The molecule has 0 amide bonds. The largest absolute Gasteiger partial charge is 0.316 e. The van der Waals surface area contributed by atoms with E-state index >= 15 is 0 Å². The molecule has 2 saturated carbocycles. The fourth-order valence-corrected chi connectivity index (χ4v) is 2.94. The van der Waals surface area contributed by atoms with Crippen LogP contribution >= 0.6 is 0 Å². The van der Waals surface area contributed by atoms with Gasteiger partial charge in [-0.3, -0.25) is 0 Å². The first kappa shape index (κ1) is 11.4. The maximum absolute atomic E-state index is 3.65. The Hall–Kier alpha value is -0.0400. The van der Waals surface area contributed by atoms with Gasteiger partial charge in [0.15, 0.2) is 0 Å². The van der Waals surface area contributed by atoms with Gasteiger partial charge in [0.1, 0.15) is 0 Å². The topological polar surface area (TPSA) is 12.0 Å². The van der Waals surface area contributed by atoms with Gasteiger partial charge in [-0.2, -0.15) is 0 Å². The first-order chi connectivity index (χ1) is 7.36. The predicted octanol–water partition coefficient (Wildman–Crippen LogP) is 3.59. The van der Waals surface area contributed by atoms with Gasteiger partial charge < -0.3 is 5.32 Å². The first-order valence-corrected chi connectivity index (χ1v) is 7.07. The monoisotopic (exact) mass is 209 g/mol. The first-order valence-electron chi connectivity index (χ1n) is 7.07. The van der Waals surface area contributed by atoms with Crippen LogP contribution in [0.1, 0.15) is 58.3 Å². The van der Waals surface area contributed by atoms with E-state index in [1.807, 2.05) is 0 Å². The SMILES string of the molecule is CC(CNCCC1CCCCC1)C1CC1. The van der Waals surface area contributed by atoms with E-state index in [0.717, 1.165) is 17.8 Å². The van der Waals surface area contributed by atoms with E-state index in [1.165, 1.54) is 64.5 Å². The summed E-state index contributed by atoms with van der Waals surface area (Å²) in [5, 5.41) is 3.65. The molecule has 0 aromatic heterocycles. The fourth-order valence-electron chi connectivity index (χ4n) is 2.94. The van der Waals surface area contributed by atoms with E-state index < -0.39 is 0 Å². The minimum Gasteiger partial charge on any atom is -0.316 e. The van der Waals surface area contributed by atoms with E-state index in [-0.39, 0.29) is 0 Å². The summed E-state index contributed by atoms with van der Waals surface area (Å²) in [5.74, 6) is 3.03. The maximum Gasteiger partial charge on any atom is -0.00205 e. The Balaban J connectivity index is 1.46. The van der Waals surface area contributed by atoms with Crippen LogP contribution in [0.3, 0.4) is 0 Å². The van der Waals surface area contributed by atoms with E-state index in [0.29, 0.717) is 0 Å². The van der Waals surface area contributed by atoms with Crippen LogP contribution in [0.15, 0.2) is 0 Å². The molecule has 0 radical (unpaired) electrons. The standard InChI is InChI=1S/C14H27N/c1-12(14-7-8-14)11-15-10-9-13-5-3-2-4-6-13/h12-15H,2-11H2,1H3. The Kier molecular flexibility index (Phi) is 4.49. The van der Waals surface area contributed by atoms with Crippen LogP contribution in [-0.2, 0) is 0 Å². The molecule has 0 bridgehead atoms. The molecule has 88 valence electrons. The summed E-state index contributed by atoms with van der Waals surface area (Å²) in [5.41, 5.74) is 0.